The van der Waals surface area contributed by atoms with Crippen molar-refractivity contribution in [2.24, 2.45) is 5.92 Å². The summed E-state index contributed by atoms with van der Waals surface area (Å²) in [6.07, 6.45) is 4.97. The van der Waals surface area contributed by atoms with Crippen molar-refractivity contribution in [2.45, 2.75) is 18.4 Å². The molecule has 1 aromatic heterocycles. The molecule has 2 bridgehead atoms. The molecule has 0 aromatic carbocycles. The number of aromatic nitrogens is 2. The molecule has 6 heteroatoms. The lowest BCUT2D eigenvalue weighted by molar-refractivity contribution is -0.157. The van der Waals surface area contributed by atoms with Gasteiger partial charge in [-0.25, -0.2) is 0 Å². The molecule has 0 unspecified atom stereocenters. The number of nitrogens with one attached hydrogen (secondary N) is 1. The van der Waals surface area contributed by atoms with Gasteiger partial charge < -0.3 is 0 Å². The van der Waals surface area contributed by atoms with Crippen LogP contribution in [0.4, 0.5) is 0 Å². The van der Waals surface area contributed by atoms with Crippen LogP contribution in [0.5, 0.6) is 0 Å². The second kappa shape index (κ2) is 2.78. The quantitative estimate of drug-likeness (QED) is 0.614. The number of carbonyl (C=O) groups excluding carboxylic acids is 2. The largest absolute Gasteiger partial charge is 0.297 e. The van der Waals surface area contributed by atoms with E-state index < -0.39 is 5.54 Å². The van der Waals surface area contributed by atoms with Crippen molar-refractivity contribution >= 4 is 11.8 Å². The smallest absolute Gasteiger partial charge is 0.269 e. The summed E-state index contributed by atoms with van der Waals surface area (Å²) in [5.74, 6) is -0.750. The van der Waals surface area contributed by atoms with E-state index in [1.165, 1.54) is 23.2 Å². The number of carbonyl (C=O) groups is 2. The monoisotopic (exact) mass is 219 g/mol. The van der Waals surface area contributed by atoms with Gasteiger partial charge in [-0.3, -0.25) is 29.3 Å². The first-order valence-corrected chi connectivity index (χ1v) is 5.02. The normalized spacial score (nSPS) is 31.9. The van der Waals surface area contributed by atoms with Gasteiger partial charge in [0, 0.05) is 18.3 Å². The van der Waals surface area contributed by atoms with Gasteiger partial charge in [0.2, 0.25) is 5.91 Å². The van der Waals surface area contributed by atoms with Crippen molar-refractivity contribution in [3.63, 3.8) is 0 Å². The Morgan fingerprint density at radius 3 is 2.75 bits per heavy atom. The van der Waals surface area contributed by atoms with E-state index in [-0.39, 0.29) is 23.3 Å². The maximum Gasteiger partial charge on any atom is 0.269 e. The topological polar surface area (TPSA) is 81.1 Å². The summed E-state index contributed by atoms with van der Waals surface area (Å²) in [6.45, 7) is 0. The molecule has 1 aliphatic carbocycles. The maximum absolute atomic E-state index is 11.8. The molecule has 2 amide bonds. The molecule has 3 fully saturated rings. The number of nitrogens with zero attached hydrogens (tertiary/aromatic N) is 2. The van der Waals surface area contributed by atoms with E-state index in [9.17, 15) is 14.4 Å². The number of amides is 2. The summed E-state index contributed by atoms with van der Waals surface area (Å²) in [7, 11) is 0. The fourth-order valence-electron chi connectivity index (χ4n) is 2.46. The lowest BCUT2D eigenvalue weighted by atomic mass is 9.64. The average Bonchev–Trinajstić information content (AvgIpc) is 2.17. The van der Waals surface area contributed by atoms with Gasteiger partial charge in [0.1, 0.15) is 5.54 Å². The van der Waals surface area contributed by atoms with Crippen molar-refractivity contribution in [1.29, 1.82) is 0 Å². The van der Waals surface area contributed by atoms with Crippen LogP contribution >= 0.6 is 0 Å². The summed E-state index contributed by atoms with van der Waals surface area (Å²) in [5, 5.41) is 2.29. The van der Waals surface area contributed by atoms with Crippen molar-refractivity contribution in [2.75, 3.05) is 0 Å². The van der Waals surface area contributed by atoms with Gasteiger partial charge in [0.05, 0.1) is 6.20 Å². The highest BCUT2D eigenvalue weighted by atomic mass is 16.2. The third-order valence-corrected chi connectivity index (χ3v) is 3.38. The molecule has 16 heavy (non-hydrogen) atoms. The fraction of sp³-hybridized carbons (Fsp3) is 0.400. The molecule has 1 aromatic rings. The molecule has 1 N–H and O–H groups in total. The average molecular weight is 219 g/mol. The van der Waals surface area contributed by atoms with Crippen LogP contribution in [0.15, 0.2) is 23.4 Å². The van der Waals surface area contributed by atoms with Crippen LogP contribution in [0.1, 0.15) is 12.8 Å². The lowest BCUT2D eigenvalue weighted by Crippen LogP contribution is -2.68. The van der Waals surface area contributed by atoms with E-state index in [4.69, 9.17) is 0 Å². The summed E-state index contributed by atoms with van der Waals surface area (Å²) >= 11 is 0. The minimum atomic E-state index is -0.862. The van der Waals surface area contributed by atoms with E-state index >= 15 is 0 Å². The molecule has 3 aliphatic rings. The molecule has 2 aliphatic heterocycles. The van der Waals surface area contributed by atoms with Gasteiger partial charge >= 0.3 is 0 Å². The number of hydrogen-bond donors (Lipinski definition) is 1. The molecular weight excluding hydrogens is 210 g/mol. The zero-order valence-electron chi connectivity index (χ0n) is 8.34. The molecular formula is C10H9N3O3. The molecule has 0 spiro atoms. The first kappa shape index (κ1) is 9.26. The number of fused-ring (bicyclic) bond motifs is 2. The van der Waals surface area contributed by atoms with Crippen LogP contribution in [0.25, 0.3) is 0 Å². The predicted octanol–water partition coefficient (Wildman–Crippen LogP) is -0.995. The molecule has 0 radical (unpaired) electrons. The van der Waals surface area contributed by atoms with Gasteiger partial charge in [0.25, 0.3) is 11.5 Å². The Hall–Kier alpha value is -1.98. The third kappa shape index (κ3) is 0.959. The van der Waals surface area contributed by atoms with Crippen molar-refractivity contribution in [3.8, 4) is 0 Å². The van der Waals surface area contributed by atoms with Gasteiger partial charge in [-0.05, 0) is 12.8 Å². The van der Waals surface area contributed by atoms with Crippen LogP contribution in [0.3, 0.4) is 0 Å². The molecule has 3 heterocycles. The summed E-state index contributed by atoms with van der Waals surface area (Å²) in [4.78, 5) is 38.4. The Morgan fingerprint density at radius 1 is 1.38 bits per heavy atom. The standard InChI is InChI=1S/C10H9N3O3/c14-7-5-11-1-2-13(7)10-3-6(4-10)8(15)12-9(10)16/h1-2,5-6H,3-4H2,(H,12,15,16). The van der Waals surface area contributed by atoms with E-state index in [0.29, 0.717) is 12.8 Å². The van der Waals surface area contributed by atoms with Crippen LogP contribution in [-0.2, 0) is 15.1 Å². The van der Waals surface area contributed by atoms with Crippen LogP contribution in [-0.4, -0.2) is 21.4 Å². The third-order valence-electron chi connectivity index (χ3n) is 3.38. The molecule has 4 rings (SSSR count). The predicted molar refractivity (Wildman–Crippen MR) is 52.3 cm³/mol. The SMILES string of the molecule is O=C1NC(=O)C2(n3ccncc3=O)CC1C2. The number of piperidine rings is 2. The minimum Gasteiger partial charge on any atom is -0.297 e. The molecule has 82 valence electrons. The van der Waals surface area contributed by atoms with E-state index in [2.05, 4.69) is 10.3 Å². The number of rotatable bonds is 1. The highest BCUT2D eigenvalue weighted by molar-refractivity contribution is 6.05. The Kier molecular flexibility index (Phi) is 1.61. The highest BCUT2D eigenvalue weighted by Gasteiger charge is 2.59. The Morgan fingerprint density at radius 2 is 2.12 bits per heavy atom. The van der Waals surface area contributed by atoms with Crippen LogP contribution in [0, 0.1) is 5.92 Å². The van der Waals surface area contributed by atoms with E-state index in [1.807, 2.05) is 0 Å². The first-order valence-electron chi connectivity index (χ1n) is 5.02. The summed E-state index contributed by atoms with van der Waals surface area (Å²) in [6, 6.07) is 0. The molecule has 1 saturated carbocycles. The Labute approximate surface area is 90.3 Å². The van der Waals surface area contributed by atoms with Crippen molar-refractivity contribution in [1.82, 2.24) is 14.9 Å². The summed E-state index contributed by atoms with van der Waals surface area (Å²) in [5.41, 5.74) is -1.18. The lowest BCUT2D eigenvalue weighted by Gasteiger charge is -2.50. The van der Waals surface area contributed by atoms with E-state index in [0.717, 1.165) is 0 Å². The van der Waals surface area contributed by atoms with Gasteiger partial charge in [0.15, 0.2) is 0 Å². The molecule has 2 saturated heterocycles. The Balaban J connectivity index is 2.09. The maximum atomic E-state index is 11.8. The van der Waals surface area contributed by atoms with Gasteiger partial charge in [-0.2, -0.15) is 0 Å². The zero-order chi connectivity index (χ0) is 11.3. The summed E-state index contributed by atoms with van der Waals surface area (Å²) < 4.78 is 1.37. The molecule has 0 atom stereocenters. The number of hydrogen-bond acceptors (Lipinski definition) is 4. The molecule has 6 nitrogen and oxygen atoms in total. The van der Waals surface area contributed by atoms with E-state index in [1.54, 1.807) is 0 Å². The second-order valence-corrected chi connectivity index (χ2v) is 4.24. The zero-order valence-corrected chi connectivity index (χ0v) is 8.34. The second-order valence-electron chi connectivity index (χ2n) is 4.24. The fourth-order valence-corrected chi connectivity index (χ4v) is 2.46. The first-order chi connectivity index (χ1) is 7.63. The van der Waals surface area contributed by atoms with Gasteiger partial charge in [-0.1, -0.05) is 0 Å². The minimum absolute atomic E-state index is 0.141. The Bertz CT molecular complexity index is 542. The van der Waals surface area contributed by atoms with Crippen molar-refractivity contribution < 1.29 is 9.59 Å². The van der Waals surface area contributed by atoms with Crippen molar-refractivity contribution in [3.05, 3.63) is 28.9 Å². The van der Waals surface area contributed by atoms with Gasteiger partial charge in [-0.15, -0.1) is 0 Å². The highest BCUT2D eigenvalue weighted by Crippen LogP contribution is 2.46. The number of imide groups is 1. The van der Waals surface area contributed by atoms with Crippen LogP contribution in [0.2, 0.25) is 0 Å². The van der Waals surface area contributed by atoms with Crippen LogP contribution < -0.4 is 10.9 Å².